The van der Waals surface area contributed by atoms with Gasteiger partial charge in [-0.3, -0.25) is 4.79 Å². The zero-order valence-electron chi connectivity index (χ0n) is 20.8. The third-order valence-corrected chi connectivity index (χ3v) is 6.16. The Bertz CT molecular complexity index is 1430. The summed E-state index contributed by atoms with van der Waals surface area (Å²) < 4.78 is 43.1. The molecule has 0 saturated heterocycles. The van der Waals surface area contributed by atoms with Crippen molar-refractivity contribution in [1.82, 2.24) is 4.98 Å². The fraction of sp³-hybridized carbons (Fsp3) is 0.182. The fourth-order valence-corrected chi connectivity index (χ4v) is 4.56. The van der Waals surface area contributed by atoms with Gasteiger partial charge in [0.25, 0.3) is 0 Å². The maximum absolute atomic E-state index is 13.8. The molecule has 2 heterocycles. The minimum absolute atomic E-state index is 0. The molecule has 11 nitrogen and oxygen atoms in total. The molecule has 0 saturated carbocycles. The number of phosphoric acid groups is 1. The van der Waals surface area contributed by atoms with Crippen LogP contribution in [0.25, 0.3) is 21.7 Å². The van der Waals surface area contributed by atoms with Crippen LogP contribution in [0.1, 0.15) is 15.9 Å². The van der Waals surface area contributed by atoms with E-state index in [1.54, 1.807) is 5.38 Å². The summed E-state index contributed by atoms with van der Waals surface area (Å²) in [7, 11) is 0.0391. The zero-order valence-corrected chi connectivity index (χ0v) is 26.6. The quantitative estimate of drug-likeness (QED) is 0.116. The maximum Gasteiger partial charge on any atom is 1.00 e. The first-order valence-corrected chi connectivity index (χ1v) is 12.2. The van der Waals surface area contributed by atoms with E-state index in [1.807, 2.05) is 0 Å². The molecule has 0 radical (unpaired) electrons. The van der Waals surface area contributed by atoms with Gasteiger partial charge in [0.05, 0.1) is 34.0 Å². The molecule has 0 aliphatic carbocycles. The third-order valence-electron chi connectivity index (χ3n) is 4.98. The van der Waals surface area contributed by atoms with E-state index >= 15 is 0 Å². The molecule has 0 N–H and O–H groups in total. The number of hydrogen-bond acceptors (Lipinski definition) is 12. The summed E-state index contributed by atoms with van der Waals surface area (Å²) in [5, 5.41) is 2.20. The normalized spacial score (nSPS) is 10.8. The SMILES string of the molecule is COc1cc(C(=O)c2c(-c3nccs3)oc3c(OP(=O)([O-])[O-])c(OC)ccc23)cc(OC)c1OC.[Na+].[Na+]. The summed E-state index contributed by atoms with van der Waals surface area (Å²) in [6, 6.07) is 5.80. The molecule has 0 aliphatic heterocycles. The molecule has 0 amide bonds. The first-order valence-electron chi connectivity index (χ1n) is 9.82. The van der Waals surface area contributed by atoms with Crippen LogP contribution in [-0.4, -0.2) is 39.2 Å². The minimum Gasteiger partial charge on any atom is -0.780 e. The summed E-state index contributed by atoms with van der Waals surface area (Å²) in [5.74, 6) is -0.206. The standard InChI is InChI=1S/C22H20NO10PS.2Na/c1-28-13-6-5-12-16(17(24)11-9-14(29-2)19(31-4)15(10-11)30-3)21(22-23-7-8-35-22)32-18(12)20(13)33-34(25,26)27;;/h5-10H,1-4H3,(H2,25,26,27);;/q;2*+1/p-2. The Labute approximate surface area is 259 Å². The molecule has 0 aliphatic rings. The van der Waals surface area contributed by atoms with Crippen LogP contribution < -0.4 is 92.4 Å². The maximum atomic E-state index is 13.8. The summed E-state index contributed by atoms with van der Waals surface area (Å²) in [6.07, 6.45) is 1.52. The van der Waals surface area contributed by atoms with E-state index in [0.29, 0.717) is 10.8 Å². The number of furan rings is 1. The molecule has 184 valence electrons. The molecule has 0 spiro atoms. The fourth-order valence-electron chi connectivity index (χ4n) is 3.55. The van der Waals surface area contributed by atoms with Gasteiger partial charge in [0.1, 0.15) is 7.82 Å². The van der Waals surface area contributed by atoms with Gasteiger partial charge >= 0.3 is 59.1 Å². The van der Waals surface area contributed by atoms with Crippen molar-refractivity contribution < 1.29 is 106 Å². The van der Waals surface area contributed by atoms with E-state index in [4.69, 9.17) is 23.4 Å². The Kier molecular flexibility index (Phi) is 11.1. The van der Waals surface area contributed by atoms with Crippen LogP contribution in [0.2, 0.25) is 0 Å². The van der Waals surface area contributed by atoms with E-state index in [9.17, 15) is 19.1 Å². The summed E-state index contributed by atoms with van der Waals surface area (Å²) >= 11 is 1.19. The first kappa shape index (κ1) is 31.6. The molecule has 2 aromatic heterocycles. The van der Waals surface area contributed by atoms with E-state index in [2.05, 4.69) is 9.51 Å². The number of benzene rings is 2. The molecule has 2 aromatic carbocycles. The second kappa shape index (κ2) is 13.0. The second-order valence-corrected chi connectivity index (χ2v) is 8.87. The average Bonchev–Trinajstić information content (AvgIpc) is 3.50. The van der Waals surface area contributed by atoms with Crippen molar-refractivity contribution in [3.05, 3.63) is 47.0 Å². The van der Waals surface area contributed by atoms with Crippen LogP contribution in [0.5, 0.6) is 28.7 Å². The van der Waals surface area contributed by atoms with Crippen molar-refractivity contribution in [3.63, 3.8) is 0 Å². The van der Waals surface area contributed by atoms with E-state index in [1.165, 1.54) is 70.2 Å². The number of thiazole rings is 1. The number of nitrogens with zero attached hydrogens (tertiary/aromatic N) is 1. The molecule has 4 rings (SSSR count). The zero-order chi connectivity index (χ0) is 25.3. The topological polar surface area (TPSA) is 152 Å². The van der Waals surface area contributed by atoms with Gasteiger partial charge in [0.15, 0.2) is 39.4 Å². The Hall–Kier alpha value is -1.57. The smallest absolute Gasteiger partial charge is 0.780 e. The number of rotatable bonds is 9. The Balaban J connectivity index is 0.00000241. The molecule has 0 atom stereocenters. The van der Waals surface area contributed by atoms with Gasteiger partial charge in [0.2, 0.25) is 11.5 Å². The van der Waals surface area contributed by atoms with E-state index in [0.717, 1.165) is 0 Å². The van der Waals surface area contributed by atoms with Gasteiger partial charge in [-0.05, 0) is 24.3 Å². The van der Waals surface area contributed by atoms with Crippen LogP contribution in [0.3, 0.4) is 0 Å². The summed E-state index contributed by atoms with van der Waals surface area (Å²) in [6.45, 7) is 0. The number of carbonyl (C=O) groups is 1. The molecular formula is C22H18NNa2O10PS. The van der Waals surface area contributed by atoms with Crippen molar-refractivity contribution in [2.75, 3.05) is 28.4 Å². The summed E-state index contributed by atoms with van der Waals surface area (Å²) in [5.41, 5.74) is 0.0530. The van der Waals surface area contributed by atoms with E-state index in [-0.39, 0.29) is 104 Å². The number of carbonyl (C=O) groups excluding carboxylic acids is 1. The Morgan fingerprint density at radius 1 is 0.946 bits per heavy atom. The Morgan fingerprint density at radius 3 is 2.05 bits per heavy atom. The van der Waals surface area contributed by atoms with Gasteiger partial charge < -0.3 is 42.2 Å². The van der Waals surface area contributed by atoms with Crippen molar-refractivity contribution in [1.29, 1.82) is 0 Å². The van der Waals surface area contributed by atoms with Crippen LogP contribution in [0, 0.1) is 0 Å². The van der Waals surface area contributed by atoms with Gasteiger partial charge in [-0.25, -0.2) is 4.98 Å². The van der Waals surface area contributed by atoms with Crippen molar-refractivity contribution in [3.8, 4) is 39.5 Å². The number of hydrogen-bond donors (Lipinski definition) is 0. The van der Waals surface area contributed by atoms with Crippen molar-refractivity contribution >= 4 is 35.9 Å². The van der Waals surface area contributed by atoms with Crippen molar-refractivity contribution in [2.24, 2.45) is 0 Å². The monoisotopic (exact) mass is 565 g/mol. The number of aromatic nitrogens is 1. The molecule has 37 heavy (non-hydrogen) atoms. The minimum atomic E-state index is -5.50. The second-order valence-electron chi connectivity index (χ2n) is 6.90. The molecular weight excluding hydrogens is 547 g/mol. The first-order chi connectivity index (χ1) is 16.7. The molecule has 0 unspecified atom stereocenters. The predicted molar refractivity (Wildman–Crippen MR) is 122 cm³/mol. The van der Waals surface area contributed by atoms with Crippen LogP contribution >= 0.6 is 19.2 Å². The van der Waals surface area contributed by atoms with Crippen LogP contribution in [0.4, 0.5) is 0 Å². The van der Waals surface area contributed by atoms with E-state index < -0.39 is 19.4 Å². The number of ether oxygens (including phenoxy) is 4. The molecule has 0 fully saturated rings. The predicted octanol–water partition coefficient (Wildman–Crippen LogP) is -2.96. The molecule has 4 aromatic rings. The molecule has 15 heteroatoms. The van der Waals surface area contributed by atoms with Gasteiger partial charge in [-0.15, -0.1) is 11.3 Å². The average molecular weight is 565 g/mol. The van der Waals surface area contributed by atoms with Crippen LogP contribution in [0.15, 0.2) is 40.3 Å². The molecule has 0 bridgehead atoms. The van der Waals surface area contributed by atoms with Gasteiger partial charge in [-0.2, -0.15) is 0 Å². The number of methoxy groups -OCH3 is 4. The van der Waals surface area contributed by atoms with Crippen LogP contribution in [-0.2, 0) is 4.57 Å². The number of fused-ring (bicyclic) bond motifs is 1. The summed E-state index contributed by atoms with van der Waals surface area (Å²) in [4.78, 5) is 40.9. The van der Waals surface area contributed by atoms with Crippen molar-refractivity contribution in [2.45, 2.75) is 0 Å². The van der Waals surface area contributed by atoms with Gasteiger partial charge in [-0.1, -0.05) is 0 Å². The van der Waals surface area contributed by atoms with Gasteiger partial charge in [0, 0.05) is 22.5 Å². The Morgan fingerprint density at radius 2 is 1.57 bits per heavy atom. The number of ketones is 1. The largest absolute Gasteiger partial charge is 1.00 e. The third kappa shape index (κ3) is 6.36. The number of phosphoric ester groups is 1.